The van der Waals surface area contributed by atoms with Gasteiger partial charge in [0.05, 0.1) is 25.3 Å². The summed E-state index contributed by atoms with van der Waals surface area (Å²) >= 11 is 0. The zero-order chi connectivity index (χ0) is 20.6. The second-order valence-electron chi connectivity index (χ2n) is 8.05. The van der Waals surface area contributed by atoms with Gasteiger partial charge in [-0.15, -0.1) is 0 Å². The minimum absolute atomic E-state index is 0.0482. The van der Waals surface area contributed by atoms with Crippen LogP contribution in [0.4, 0.5) is 0 Å². The molecule has 3 rings (SSSR count). The molecule has 2 saturated heterocycles. The average Bonchev–Trinajstić information content (AvgIpc) is 3.13. The largest absolute Gasteiger partial charge is 0.373 e. The van der Waals surface area contributed by atoms with Crippen molar-refractivity contribution in [1.82, 2.24) is 20.4 Å². The number of benzene rings is 1. The van der Waals surface area contributed by atoms with Crippen LogP contribution in [0, 0.1) is 0 Å². The molecule has 1 aromatic rings. The molecule has 2 aliphatic heterocycles. The standard InChI is InChI=1S/C22H35N5O2/c1-4-23-22(24-11-10-21(28)25-17(2)3)27-15-19-20(16-27)29-13-12-26(19)14-18-8-6-5-7-9-18/h5-9,17,19-20H,4,10-16H2,1-3H3,(H,23,24)(H,25,28). The fourth-order valence-corrected chi connectivity index (χ4v) is 4.03. The van der Waals surface area contributed by atoms with Crippen molar-refractivity contribution in [1.29, 1.82) is 0 Å². The summed E-state index contributed by atoms with van der Waals surface area (Å²) in [5.74, 6) is 0.926. The highest BCUT2D eigenvalue weighted by molar-refractivity contribution is 5.81. The van der Waals surface area contributed by atoms with Crippen molar-refractivity contribution in [2.75, 3.05) is 39.3 Å². The highest BCUT2D eigenvalue weighted by atomic mass is 16.5. The number of hydrogen-bond donors (Lipinski definition) is 2. The van der Waals surface area contributed by atoms with Crippen LogP contribution in [0.1, 0.15) is 32.8 Å². The summed E-state index contributed by atoms with van der Waals surface area (Å²) in [6, 6.07) is 11.1. The lowest BCUT2D eigenvalue weighted by atomic mass is 10.1. The van der Waals surface area contributed by atoms with Crippen LogP contribution < -0.4 is 10.6 Å². The minimum Gasteiger partial charge on any atom is -0.373 e. The Morgan fingerprint density at radius 1 is 1.28 bits per heavy atom. The molecule has 2 aliphatic rings. The number of ether oxygens (including phenoxy) is 1. The van der Waals surface area contributed by atoms with Crippen molar-refractivity contribution < 1.29 is 9.53 Å². The third-order valence-electron chi connectivity index (χ3n) is 5.33. The van der Waals surface area contributed by atoms with E-state index in [9.17, 15) is 4.79 Å². The van der Waals surface area contributed by atoms with Gasteiger partial charge in [-0.1, -0.05) is 30.3 Å². The normalized spacial score (nSPS) is 22.6. The number of guanidine groups is 1. The molecular formula is C22H35N5O2. The molecule has 0 aliphatic carbocycles. The molecule has 2 heterocycles. The smallest absolute Gasteiger partial charge is 0.222 e. The van der Waals surface area contributed by atoms with Crippen molar-refractivity contribution in [2.24, 2.45) is 4.99 Å². The average molecular weight is 402 g/mol. The maximum absolute atomic E-state index is 11.9. The molecule has 0 saturated carbocycles. The number of rotatable bonds is 7. The molecule has 0 spiro atoms. The molecule has 160 valence electrons. The maximum Gasteiger partial charge on any atom is 0.222 e. The van der Waals surface area contributed by atoms with Crippen LogP contribution in [0.5, 0.6) is 0 Å². The minimum atomic E-state index is 0.0482. The predicted octanol–water partition coefficient (Wildman–Crippen LogP) is 1.45. The van der Waals surface area contributed by atoms with Gasteiger partial charge in [0.2, 0.25) is 5.91 Å². The molecule has 2 N–H and O–H groups in total. The molecule has 0 radical (unpaired) electrons. The second kappa shape index (κ2) is 10.6. The van der Waals surface area contributed by atoms with Gasteiger partial charge in [-0.2, -0.15) is 0 Å². The lowest BCUT2D eigenvalue weighted by molar-refractivity contribution is -0.121. The number of carbonyl (C=O) groups excluding carboxylic acids is 1. The second-order valence-corrected chi connectivity index (χ2v) is 8.05. The van der Waals surface area contributed by atoms with E-state index < -0.39 is 0 Å². The summed E-state index contributed by atoms with van der Waals surface area (Å²) in [6.07, 6.45) is 0.602. The fourth-order valence-electron chi connectivity index (χ4n) is 4.03. The lowest BCUT2D eigenvalue weighted by Crippen LogP contribution is -2.50. The molecular weight excluding hydrogens is 366 g/mol. The summed E-state index contributed by atoms with van der Waals surface area (Å²) in [4.78, 5) is 21.4. The van der Waals surface area contributed by atoms with Gasteiger partial charge in [-0.05, 0) is 26.3 Å². The van der Waals surface area contributed by atoms with Gasteiger partial charge in [0, 0.05) is 45.2 Å². The van der Waals surface area contributed by atoms with E-state index in [1.165, 1.54) is 5.56 Å². The summed E-state index contributed by atoms with van der Waals surface area (Å²) < 4.78 is 6.08. The first-order valence-corrected chi connectivity index (χ1v) is 10.8. The number of nitrogens with one attached hydrogen (secondary N) is 2. The Kier molecular flexibility index (Phi) is 7.89. The number of carbonyl (C=O) groups is 1. The Balaban J connectivity index is 1.60. The number of morpholine rings is 1. The first-order chi connectivity index (χ1) is 14.1. The Hall–Kier alpha value is -2.12. The van der Waals surface area contributed by atoms with Gasteiger partial charge < -0.3 is 20.3 Å². The van der Waals surface area contributed by atoms with Crippen LogP contribution in [-0.4, -0.2) is 79.2 Å². The highest BCUT2D eigenvalue weighted by Gasteiger charge is 2.41. The Labute approximate surface area is 174 Å². The highest BCUT2D eigenvalue weighted by Crippen LogP contribution is 2.24. The Bertz CT molecular complexity index is 679. The van der Waals surface area contributed by atoms with Gasteiger partial charge in [-0.25, -0.2) is 0 Å². The van der Waals surface area contributed by atoms with Crippen molar-refractivity contribution in [3.05, 3.63) is 35.9 Å². The summed E-state index contributed by atoms with van der Waals surface area (Å²) in [5.41, 5.74) is 1.34. The first-order valence-electron chi connectivity index (χ1n) is 10.8. The third kappa shape index (κ3) is 6.18. The van der Waals surface area contributed by atoms with Crippen LogP contribution in [0.2, 0.25) is 0 Å². The Morgan fingerprint density at radius 2 is 2.07 bits per heavy atom. The van der Waals surface area contributed by atoms with E-state index in [4.69, 9.17) is 9.73 Å². The van der Waals surface area contributed by atoms with E-state index >= 15 is 0 Å². The molecule has 29 heavy (non-hydrogen) atoms. The molecule has 2 fully saturated rings. The number of aliphatic imine (C=N–C) groups is 1. The van der Waals surface area contributed by atoms with Gasteiger partial charge in [-0.3, -0.25) is 14.7 Å². The van der Waals surface area contributed by atoms with Crippen molar-refractivity contribution in [2.45, 2.75) is 51.9 Å². The number of fused-ring (bicyclic) bond motifs is 1. The number of nitrogens with zero attached hydrogens (tertiary/aromatic N) is 3. The molecule has 0 bridgehead atoms. The fraction of sp³-hybridized carbons (Fsp3) is 0.636. The Morgan fingerprint density at radius 3 is 2.79 bits per heavy atom. The zero-order valence-corrected chi connectivity index (χ0v) is 17.9. The van der Waals surface area contributed by atoms with Gasteiger partial charge in [0.1, 0.15) is 0 Å². The van der Waals surface area contributed by atoms with Crippen molar-refractivity contribution >= 4 is 11.9 Å². The first kappa shape index (κ1) is 21.6. The van der Waals surface area contributed by atoms with E-state index in [0.29, 0.717) is 19.0 Å². The SMILES string of the molecule is CCNC(=NCCC(=O)NC(C)C)N1CC2OCCN(Cc3ccccc3)C2C1. The molecule has 2 atom stereocenters. The number of likely N-dealkylation sites (tertiary alicyclic amines) is 1. The molecule has 2 unspecified atom stereocenters. The maximum atomic E-state index is 11.9. The molecule has 7 nitrogen and oxygen atoms in total. The molecule has 1 amide bonds. The molecule has 7 heteroatoms. The molecule has 1 aromatic carbocycles. The van der Waals surface area contributed by atoms with Crippen molar-refractivity contribution in [3.8, 4) is 0 Å². The van der Waals surface area contributed by atoms with E-state index in [1.54, 1.807) is 0 Å². The third-order valence-corrected chi connectivity index (χ3v) is 5.33. The quantitative estimate of drug-likeness (QED) is 0.535. The van der Waals surface area contributed by atoms with Crippen LogP contribution in [0.15, 0.2) is 35.3 Å². The van der Waals surface area contributed by atoms with E-state index in [-0.39, 0.29) is 18.1 Å². The number of amides is 1. The van der Waals surface area contributed by atoms with Gasteiger partial charge >= 0.3 is 0 Å². The summed E-state index contributed by atoms with van der Waals surface area (Å²) in [6.45, 7) is 11.7. The van der Waals surface area contributed by atoms with Crippen LogP contribution in [-0.2, 0) is 16.1 Å². The number of hydrogen-bond acceptors (Lipinski definition) is 4. The van der Waals surface area contributed by atoms with Gasteiger partial charge in [0.15, 0.2) is 5.96 Å². The van der Waals surface area contributed by atoms with Crippen LogP contribution in [0.25, 0.3) is 0 Å². The topological polar surface area (TPSA) is 69.2 Å². The molecule has 0 aromatic heterocycles. The van der Waals surface area contributed by atoms with Gasteiger partial charge in [0.25, 0.3) is 0 Å². The van der Waals surface area contributed by atoms with Crippen LogP contribution in [0.3, 0.4) is 0 Å². The predicted molar refractivity (Wildman–Crippen MR) is 116 cm³/mol. The monoisotopic (exact) mass is 401 g/mol. The van der Waals surface area contributed by atoms with E-state index in [1.807, 2.05) is 13.8 Å². The van der Waals surface area contributed by atoms with E-state index in [2.05, 4.69) is 57.7 Å². The summed E-state index contributed by atoms with van der Waals surface area (Å²) in [7, 11) is 0. The van der Waals surface area contributed by atoms with Crippen LogP contribution >= 0.6 is 0 Å². The lowest BCUT2D eigenvalue weighted by Gasteiger charge is -2.36. The van der Waals surface area contributed by atoms with Crippen molar-refractivity contribution in [3.63, 3.8) is 0 Å². The van der Waals surface area contributed by atoms with E-state index in [0.717, 1.165) is 45.3 Å². The zero-order valence-electron chi connectivity index (χ0n) is 17.9. The summed E-state index contributed by atoms with van der Waals surface area (Å²) in [5, 5.41) is 6.30.